The fourth-order valence-electron chi connectivity index (χ4n) is 1.43. The Hall–Kier alpha value is -1.97. The Morgan fingerprint density at radius 3 is 2.81 bits per heavy atom. The van der Waals surface area contributed by atoms with Crippen LogP contribution in [0.5, 0.6) is 0 Å². The van der Waals surface area contributed by atoms with E-state index in [0.29, 0.717) is 5.95 Å². The molecule has 2 heterocycles. The maximum atomic E-state index is 4.30. The molecule has 1 N–H and O–H groups in total. The van der Waals surface area contributed by atoms with Gasteiger partial charge in [0.2, 0.25) is 5.95 Å². The summed E-state index contributed by atoms with van der Waals surface area (Å²) in [5, 5.41) is 3.24. The summed E-state index contributed by atoms with van der Waals surface area (Å²) in [6.45, 7) is 4.00. The fraction of sp³-hybridized carbons (Fsp3) is 0.250. The van der Waals surface area contributed by atoms with Crippen LogP contribution in [0.1, 0.15) is 24.2 Å². The van der Waals surface area contributed by atoms with E-state index < -0.39 is 0 Å². The molecule has 2 aromatic rings. The highest BCUT2D eigenvalue weighted by atomic mass is 15.1. The summed E-state index contributed by atoms with van der Waals surface area (Å²) in [6.07, 6.45) is 5.35. The predicted molar refractivity (Wildman–Crippen MR) is 63.0 cm³/mol. The number of pyridine rings is 1. The molecule has 0 fully saturated rings. The molecule has 2 rings (SSSR count). The maximum Gasteiger partial charge on any atom is 0.223 e. The molecular formula is C12H14N4. The standard InChI is InChI=1S/C12H14N4/c1-9-5-7-14-12(15-9)16-10(2)11-4-3-6-13-8-11/h3-8,10H,1-2H3,(H,14,15,16). The average molecular weight is 214 g/mol. The summed E-state index contributed by atoms with van der Waals surface area (Å²) in [4.78, 5) is 12.5. The molecule has 0 spiro atoms. The first-order valence-corrected chi connectivity index (χ1v) is 5.22. The molecule has 2 aromatic heterocycles. The van der Waals surface area contributed by atoms with Crippen LogP contribution in [-0.2, 0) is 0 Å². The van der Waals surface area contributed by atoms with Crippen molar-refractivity contribution >= 4 is 5.95 Å². The van der Waals surface area contributed by atoms with E-state index in [-0.39, 0.29) is 6.04 Å². The molecule has 82 valence electrons. The van der Waals surface area contributed by atoms with Crippen LogP contribution in [-0.4, -0.2) is 15.0 Å². The molecule has 0 aliphatic rings. The van der Waals surface area contributed by atoms with Crippen molar-refractivity contribution in [2.24, 2.45) is 0 Å². The minimum absolute atomic E-state index is 0.149. The average Bonchev–Trinajstić information content (AvgIpc) is 2.30. The Kier molecular flexibility index (Phi) is 3.10. The molecule has 0 aromatic carbocycles. The Morgan fingerprint density at radius 1 is 1.25 bits per heavy atom. The summed E-state index contributed by atoms with van der Waals surface area (Å²) < 4.78 is 0. The molecule has 4 nitrogen and oxygen atoms in total. The van der Waals surface area contributed by atoms with Crippen LogP contribution < -0.4 is 5.32 Å². The predicted octanol–water partition coefficient (Wildman–Crippen LogP) is 2.35. The van der Waals surface area contributed by atoms with Crippen molar-refractivity contribution in [2.45, 2.75) is 19.9 Å². The van der Waals surface area contributed by atoms with Gasteiger partial charge in [0.05, 0.1) is 6.04 Å². The van der Waals surface area contributed by atoms with Crippen molar-refractivity contribution in [1.29, 1.82) is 0 Å². The first-order chi connectivity index (χ1) is 7.75. The smallest absolute Gasteiger partial charge is 0.223 e. The maximum absolute atomic E-state index is 4.30. The van der Waals surface area contributed by atoms with Crippen LogP contribution in [0.15, 0.2) is 36.8 Å². The summed E-state index contributed by atoms with van der Waals surface area (Å²) in [7, 11) is 0. The zero-order valence-corrected chi connectivity index (χ0v) is 9.38. The molecule has 0 saturated carbocycles. The minimum atomic E-state index is 0.149. The molecule has 4 heteroatoms. The minimum Gasteiger partial charge on any atom is -0.348 e. The highest BCUT2D eigenvalue weighted by molar-refractivity contribution is 5.30. The van der Waals surface area contributed by atoms with Gasteiger partial charge >= 0.3 is 0 Å². The Bertz CT molecular complexity index is 456. The molecule has 0 aliphatic carbocycles. The van der Waals surface area contributed by atoms with Crippen LogP contribution in [0.25, 0.3) is 0 Å². The lowest BCUT2D eigenvalue weighted by Crippen LogP contribution is -2.09. The number of aryl methyl sites for hydroxylation is 1. The van der Waals surface area contributed by atoms with Gasteiger partial charge in [0, 0.05) is 24.3 Å². The fourth-order valence-corrected chi connectivity index (χ4v) is 1.43. The highest BCUT2D eigenvalue weighted by Gasteiger charge is 2.06. The first-order valence-electron chi connectivity index (χ1n) is 5.22. The molecule has 0 saturated heterocycles. The Morgan fingerprint density at radius 2 is 2.12 bits per heavy atom. The summed E-state index contributed by atoms with van der Waals surface area (Å²) in [5.41, 5.74) is 2.07. The third kappa shape index (κ3) is 2.53. The van der Waals surface area contributed by atoms with E-state index in [2.05, 4.69) is 27.2 Å². The van der Waals surface area contributed by atoms with Gasteiger partial charge < -0.3 is 5.32 Å². The number of rotatable bonds is 3. The van der Waals surface area contributed by atoms with Gasteiger partial charge in [-0.1, -0.05) is 6.07 Å². The lowest BCUT2D eigenvalue weighted by atomic mass is 10.1. The summed E-state index contributed by atoms with van der Waals surface area (Å²) in [6, 6.07) is 5.97. The normalized spacial score (nSPS) is 12.1. The van der Waals surface area contributed by atoms with Gasteiger partial charge in [0.1, 0.15) is 0 Å². The van der Waals surface area contributed by atoms with Gasteiger partial charge in [-0.05, 0) is 31.5 Å². The van der Waals surface area contributed by atoms with Crippen molar-refractivity contribution in [1.82, 2.24) is 15.0 Å². The highest BCUT2D eigenvalue weighted by Crippen LogP contribution is 2.14. The van der Waals surface area contributed by atoms with Crippen LogP contribution in [0, 0.1) is 6.92 Å². The van der Waals surface area contributed by atoms with E-state index in [0.717, 1.165) is 11.3 Å². The van der Waals surface area contributed by atoms with Gasteiger partial charge in [-0.25, -0.2) is 9.97 Å². The second-order valence-corrected chi connectivity index (χ2v) is 3.67. The number of hydrogen-bond acceptors (Lipinski definition) is 4. The summed E-state index contributed by atoms with van der Waals surface area (Å²) >= 11 is 0. The lowest BCUT2D eigenvalue weighted by Gasteiger charge is -2.13. The molecule has 1 atom stereocenters. The van der Waals surface area contributed by atoms with E-state index in [9.17, 15) is 0 Å². The van der Waals surface area contributed by atoms with Crippen molar-refractivity contribution in [3.05, 3.63) is 48.0 Å². The summed E-state index contributed by atoms with van der Waals surface area (Å²) in [5.74, 6) is 0.649. The monoisotopic (exact) mass is 214 g/mol. The Balaban J connectivity index is 2.11. The topological polar surface area (TPSA) is 50.7 Å². The second-order valence-electron chi connectivity index (χ2n) is 3.67. The van der Waals surface area contributed by atoms with Crippen LogP contribution in [0.3, 0.4) is 0 Å². The molecule has 0 aliphatic heterocycles. The third-order valence-electron chi connectivity index (χ3n) is 2.32. The molecule has 0 amide bonds. The largest absolute Gasteiger partial charge is 0.348 e. The van der Waals surface area contributed by atoms with Crippen molar-refractivity contribution in [3.8, 4) is 0 Å². The SMILES string of the molecule is Cc1ccnc(NC(C)c2cccnc2)n1. The molecule has 0 bridgehead atoms. The van der Waals surface area contributed by atoms with E-state index in [4.69, 9.17) is 0 Å². The third-order valence-corrected chi connectivity index (χ3v) is 2.32. The zero-order chi connectivity index (χ0) is 11.4. The van der Waals surface area contributed by atoms with Gasteiger partial charge in [-0.2, -0.15) is 0 Å². The van der Waals surface area contributed by atoms with Gasteiger partial charge in [0.15, 0.2) is 0 Å². The van der Waals surface area contributed by atoms with Gasteiger partial charge in [-0.3, -0.25) is 4.98 Å². The van der Waals surface area contributed by atoms with Crippen molar-refractivity contribution < 1.29 is 0 Å². The number of nitrogens with zero attached hydrogens (tertiary/aromatic N) is 3. The van der Waals surface area contributed by atoms with E-state index in [1.807, 2.05) is 31.3 Å². The molecule has 0 radical (unpaired) electrons. The number of hydrogen-bond donors (Lipinski definition) is 1. The van der Waals surface area contributed by atoms with Gasteiger partial charge in [-0.15, -0.1) is 0 Å². The number of nitrogens with one attached hydrogen (secondary N) is 1. The quantitative estimate of drug-likeness (QED) is 0.852. The number of anilines is 1. The van der Waals surface area contributed by atoms with Crippen LogP contribution >= 0.6 is 0 Å². The van der Waals surface area contributed by atoms with Crippen molar-refractivity contribution in [3.63, 3.8) is 0 Å². The van der Waals surface area contributed by atoms with E-state index in [1.54, 1.807) is 12.4 Å². The first kappa shape index (κ1) is 10.5. The lowest BCUT2D eigenvalue weighted by molar-refractivity contribution is 0.850. The van der Waals surface area contributed by atoms with E-state index in [1.165, 1.54) is 0 Å². The van der Waals surface area contributed by atoms with Crippen LogP contribution in [0.2, 0.25) is 0 Å². The number of aromatic nitrogens is 3. The van der Waals surface area contributed by atoms with Crippen molar-refractivity contribution in [2.75, 3.05) is 5.32 Å². The van der Waals surface area contributed by atoms with Gasteiger partial charge in [0.25, 0.3) is 0 Å². The molecular weight excluding hydrogens is 200 g/mol. The van der Waals surface area contributed by atoms with Crippen LogP contribution in [0.4, 0.5) is 5.95 Å². The van der Waals surface area contributed by atoms with E-state index >= 15 is 0 Å². The molecule has 1 unspecified atom stereocenters. The zero-order valence-electron chi connectivity index (χ0n) is 9.38. The molecule has 16 heavy (non-hydrogen) atoms. The Labute approximate surface area is 94.8 Å². The second kappa shape index (κ2) is 4.70.